The van der Waals surface area contributed by atoms with Crippen molar-refractivity contribution >= 4 is 5.91 Å². The fourth-order valence-corrected chi connectivity index (χ4v) is 2.33. The third-order valence-electron chi connectivity index (χ3n) is 3.43. The number of hydrogen-bond acceptors (Lipinski definition) is 4. The summed E-state index contributed by atoms with van der Waals surface area (Å²) in [6.45, 7) is 3.10. The van der Waals surface area contributed by atoms with Crippen molar-refractivity contribution in [3.63, 3.8) is 0 Å². The van der Waals surface area contributed by atoms with E-state index in [9.17, 15) is 9.18 Å². The number of nitrogens with zero attached hydrogens (tertiary/aromatic N) is 2. The number of carbonyl (C=O) groups excluding carboxylic acids is 1. The maximum Gasteiger partial charge on any atom is 0.292 e. The highest BCUT2D eigenvalue weighted by molar-refractivity contribution is 5.91. The van der Waals surface area contributed by atoms with E-state index in [0.717, 1.165) is 5.56 Å². The molecule has 3 rings (SSSR count). The Kier molecular flexibility index (Phi) is 3.70. The average molecular weight is 290 g/mol. The molecule has 1 aliphatic heterocycles. The Morgan fingerprint density at radius 2 is 2.14 bits per heavy atom. The van der Waals surface area contributed by atoms with Crippen molar-refractivity contribution in [2.75, 3.05) is 19.7 Å². The Bertz CT molecular complexity index is 639. The molecule has 0 saturated carbocycles. The second kappa shape index (κ2) is 5.65. The van der Waals surface area contributed by atoms with E-state index >= 15 is 0 Å². The molecule has 1 aromatic carbocycles. The minimum absolute atomic E-state index is 0.203. The lowest BCUT2D eigenvalue weighted by Crippen LogP contribution is -2.42. The van der Waals surface area contributed by atoms with Crippen LogP contribution in [0.15, 0.2) is 34.9 Å². The normalized spacial score (nSPS) is 18.8. The zero-order valence-corrected chi connectivity index (χ0v) is 11.6. The van der Waals surface area contributed by atoms with Crippen molar-refractivity contribution in [3.8, 4) is 0 Å². The molecule has 1 atom stereocenters. The van der Waals surface area contributed by atoms with Gasteiger partial charge in [-0.15, -0.1) is 0 Å². The minimum Gasteiger partial charge on any atom is -0.370 e. The van der Waals surface area contributed by atoms with Crippen LogP contribution in [-0.4, -0.2) is 35.7 Å². The Morgan fingerprint density at radius 1 is 1.38 bits per heavy atom. The number of benzene rings is 1. The lowest BCUT2D eigenvalue weighted by Gasteiger charge is -2.32. The van der Waals surface area contributed by atoms with E-state index in [0.29, 0.717) is 25.4 Å². The molecule has 2 aromatic rings. The Hall–Kier alpha value is -2.21. The molecule has 1 fully saturated rings. The van der Waals surface area contributed by atoms with Crippen LogP contribution in [-0.2, 0) is 4.74 Å². The van der Waals surface area contributed by atoms with Crippen molar-refractivity contribution in [2.45, 2.75) is 13.0 Å². The van der Waals surface area contributed by atoms with Crippen LogP contribution >= 0.6 is 0 Å². The molecule has 6 heteroatoms. The molecule has 0 spiro atoms. The van der Waals surface area contributed by atoms with Gasteiger partial charge in [-0.2, -0.15) is 0 Å². The summed E-state index contributed by atoms with van der Waals surface area (Å²) >= 11 is 0. The van der Waals surface area contributed by atoms with Gasteiger partial charge in [0.25, 0.3) is 5.91 Å². The van der Waals surface area contributed by atoms with Crippen LogP contribution in [0.5, 0.6) is 0 Å². The molecule has 5 nitrogen and oxygen atoms in total. The third-order valence-corrected chi connectivity index (χ3v) is 3.43. The van der Waals surface area contributed by atoms with E-state index in [4.69, 9.17) is 9.26 Å². The topological polar surface area (TPSA) is 55.6 Å². The lowest BCUT2D eigenvalue weighted by molar-refractivity contribution is -0.0240. The van der Waals surface area contributed by atoms with Gasteiger partial charge >= 0.3 is 0 Å². The van der Waals surface area contributed by atoms with E-state index in [-0.39, 0.29) is 23.6 Å². The summed E-state index contributed by atoms with van der Waals surface area (Å²) in [5.74, 6) is -0.266. The molecule has 1 saturated heterocycles. The Morgan fingerprint density at radius 3 is 2.81 bits per heavy atom. The number of ether oxygens (including phenoxy) is 1. The first-order valence-corrected chi connectivity index (χ1v) is 6.73. The maximum absolute atomic E-state index is 13.0. The zero-order valence-electron chi connectivity index (χ0n) is 11.6. The smallest absolute Gasteiger partial charge is 0.292 e. The van der Waals surface area contributed by atoms with Crippen LogP contribution in [0.3, 0.4) is 0 Å². The molecule has 1 amide bonds. The predicted molar refractivity (Wildman–Crippen MR) is 72.2 cm³/mol. The predicted octanol–water partition coefficient (Wildman–Crippen LogP) is 2.34. The summed E-state index contributed by atoms with van der Waals surface area (Å²) in [7, 11) is 0. The van der Waals surface area contributed by atoms with E-state index < -0.39 is 0 Å². The molecular formula is C15H15FN2O3. The van der Waals surface area contributed by atoms with E-state index in [2.05, 4.69) is 5.16 Å². The SMILES string of the molecule is Cc1cc(C(=O)N2CCOC(c3ccc(F)cc3)C2)on1. The number of carbonyl (C=O) groups is 1. The van der Waals surface area contributed by atoms with Gasteiger partial charge in [0.05, 0.1) is 18.8 Å². The van der Waals surface area contributed by atoms with Gasteiger partial charge in [0, 0.05) is 12.6 Å². The molecule has 0 bridgehead atoms. The van der Waals surface area contributed by atoms with Gasteiger partial charge in [-0.1, -0.05) is 17.3 Å². The highest BCUT2D eigenvalue weighted by Crippen LogP contribution is 2.23. The number of hydrogen-bond donors (Lipinski definition) is 0. The molecule has 2 heterocycles. The van der Waals surface area contributed by atoms with Gasteiger partial charge < -0.3 is 14.2 Å². The van der Waals surface area contributed by atoms with Crippen LogP contribution in [0, 0.1) is 12.7 Å². The van der Waals surface area contributed by atoms with Gasteiger partial charge in [0.2, 0.25) is 5.76 Å². The van der Waals surface area contributed by atoms with Crippen molar-refractivity contribution in [1.82, 2.24) is 10.1 Å². The number of amides is 1. The van der Waals surface area contributed by atoms with Crippen molar-refractivity contribution < 1.29 is 18.4 Å². The standard InChI is InChI=1S/C15H15FN2O3/c1-10-8-13(21-17-10)15(19)18-6-7-20-14(9-18)11-2-4-12(16)5-3-11/h2-5,8,14H,6-7,9H2,1H3. The first-order valence-electron chi connectivity index (χ1n) is 6.73. The molecule has 1 aromatic heterocycles. The summed E-state index contributed by atoms with van der Waals surface area (Å²) in [4.78, 5) is 14.0. The lowest BCUT2D eigenvalue weighted by atomic mass is 10.1. The van der Waals surface area contributed by atoms with Crippen LogP contribution in [0.1, 0.15) is 27.9 Å². The maximum atomic E-state index is 13.0. The Labute approximate surface area is 121 Å². The number of aryl methyl sites for hydroxylation is 1. The average Bonchev–Trinajstić information content (AvgIpc) is 2.94. The summed E-state index contributed by atoms with van der Waals surface area (Å²) in [5, 5.41) is 3.72. The molecule has 21 heavy (non-hydrogen) atoms. The molecular weight excluding hydrogens is 275 g/mol. The third kappa shape index (κ3) is 2.95. The van der Waals surface area contributed by atoms with Crippen molar-refractivity contribution in [3.05, 3.63) is 53.2 Å². The summed E-state index contributed by atoms with van der Waals surface area (Å²) in [5.41, 5.74) is 1.52. The molecule has 0 aliphatic carbocycles. The van der Waals surface area contributed by atoms with E-state index in [1.165, 1.54) is 12.1 Å². The van der Waals surface area contributed by atoms with Crippen molar-refractivity contribution in [2.24, 2.45) is 0 Å². The van der Waals surface area contributed by atoms with Gasteiger partial charge in [-0.3, -0.25) is 4.79 Å². The number of halogens is 1. The van der Waals surface area contributed by atoms with Gasteiger partial charge in [0.1, 0.15) is 11.9 Å². The van der Waals surface area contributed by atoms with Gasteiger partial charge in [-0.05, 0) is 24.6 Å². The van der Waals surface area contributed by atoms with Crippen LogP contribution < -0.4 is 0 Å². The molecule has 110 valence electrons. The summed E-state index contributed by atoms with van der Waals surface area (Å²) in [6, 6.07) is 7.74. The number of morpholine rings is 1. The van der Waals surface area contributed by atoms with E-state index in [1.807, 2.05) is 0 Å². The fraction of sp³-hybridized carbons (Fsp3) is 0.333. The second-order valence-electron chi connectivity index (χ2n) is 4.99. The Balaban J connectivity index is 1.73. The first kappa shape index (κ1) is 13.8. The zero-order chi connectivity index (χ0) is 14.8. The van der Waals surface area contributed by atoms with Crippen LogP contribution in [0.2, 0.25) is 0 Å². The number of rotatable bonds is 2. The van der Waals surface area contributed by atoms with E-state index in [1.54, 1.807) is 30.0 Å². The van der Waals surface area contributed by atoms with Crippen molar-refractivity contribution in [1.29, 1.82) is 0 Å². The second-order valence-corrected chi connectivity index (χ2v) is 4.99. The van der Waals surface area contributed by atoms with Gasteiger partial charge in [-0.25, -0.2) is 4.39 Å². The number of aromatic nitrogens is 1. The largest absolute Gasteiger partial charge is 0.370 e. The molecule has 0 radical (unpaired) electrons. The highest BCUT2D eigenvalue weighted by Gasteiger charge is 2.28. The van der Waals surface area contributed by atoms with Crippen LogP contribution in [0.25, 0.3) is 0 Å². The minimum atomic E-state index is -0.292. The highest BCUT2D eigenvalue weighted by atomic mass is 19.1. The molecule has 0 N–H and O–H groups in total. The van der Waals surface area contributed by atoms with Crippen LogP contribution in [0.4, 0.5) is 4.39 Å². The summed E-state index contributed by atoms with van der Waals surface area (Å²) in [6.07, 6.45) is -0.257. The molecule has 1 aliphatic rings. The fourth-order valence-electron chi connectivity index (χ4n) is 2.33. The first-order chi connectivity index (χ1) is 10.1. The van der Waals surface area contributed by atoms with Gasteiger partial charge in [0.15, 0.2) is 0 Å². The summed E-state index contributed by atoms with van der Waals surface area (Å²) < 4.78 is 23.6. The monoisotopic (exact) mass is 290 g/mol. The molecule has 1 unspecified atom stereocenters. The quantitative estimate of drug-likeness (QED) is 0.852.